The lowest BCUT2D eigenvalue weighted by Crippen LogP contribution is -2.27. The van der Waals surface area contributed by atoms with Gasteiger partial charge < -0.3 is 10.0 Å². The highest BCUT2D eigenvalue weighted by molar-refractivity contribution is 7.13. The Morgan fingerprint density at radius 3 is 3.20 bits per heavy atom. The number of rotatable bonds is 2. The fraction of sp³-hybridized carbons (Fsp3) is 0.400. The van der Waals surface area contributed by atoms with Gasteiger partial charge in [0.15, 0.2) is 10.8 Å². The van der Waals surface area contributed by atoms with E-state index >= 15 is 0 Å². The summed E-state index contributed by atoms with van der Waals surface area (Å²) in [5.41, 5.74) is 0.0951. The molecular formula is C10H10N2O2S. The van der Waals surface area contributed by atoms with Crippen molar-refractivity contribution < 1.29 is 9.90 Å². The van der Waals surface area contributed by atoms with E-state index in [1.54, 1.807) is 5.38 Å². The monoisotopic (exact) mass is 222 g/mol. The van der Waals surface area contributed by atoms with Crippen LogP contribution in [0.5, 0.6) is 0 Å². The molecule has 1 aromatic heterocycles. The lowest BCUT2D eigenvalue weighted by molar-refractivity contribution is 0.0691. The van der Waals surface area contributed by atoms with E-state index in [1.807, 2.05) is 4.90 Å². The number of nitrogens with zero attached hydrogens (tertiary/aromatic N) is 2. The minimum absolute atomic E-state index is 0.0674. The van der Waals surface area contributed by atoms with E-state index < -0.39 is 5.97 Å². The number of aromatic carboxylic acids is 1. The maximum Gasteiger partial charge on any atom is 0.355 e. The fourth-order valence-corrected chi connectivity index (χ4v) is 2.54. The average molecular weight is 222 g/mol. The predicted molar refractivity (Wildman–Crippen MR) is 58.3 cm³/mol. The molecule has 1 aromatic rings. The number of hydrogen-bond donors (Lipinski definition) is 1. The number of carbonyl (C=O) groups is 1. The van der Waals surface area contributed by atoms with Gasteiger partial charge in [-0.25, -0.2) is 9.78 Å². The normalized spacial score (nSPS) is 20.2. The molecule has 15 heavy (non-hydrogen) atoms. The van der Waals surface area contributed by atoms with Crippen molar-refractivity contribution in [3.8, 4) is 12.3 Å². The molecule has 1 aliphatic heterocycles. The summed E-state index contributed by atoms with van der Waals surface area (Å²) in [4.78, 5) is 16.7. The third-order valence-corrected chi connectivity index (χ3v) is 3.28. The summed E-state index contributed by atoms with van der Waals surface area (Å²) in [6.45, 7) is 0.863. The van der Waals surface area contributed by atoms with Crippen LogP contribution >= 0.6 is 11.3 Å². The molecule has 0 saturated carbocycles. The Hall–Kier alpha value is -1.54. The van der Waals surface area contributed by atoms with E-state index in [0.29, 0.717) is 5.13 Å². The Kier molecular flexibility index (Phi) is 2.60. The molecule has 78 valence electrons. The van der Waals surface area contributed by atoms with Crippen molar-refractivity contribution in [1.29, 1.82) is 0 Å². The summed E-state index contributed by atoms with van der Waals surface area (Å²) in [5, 5.41) is 11.0. The number of hydrogen-bond acceptors (Lipinski definition) is 4. The molecule has 0 radical (unpaired) electrons. The van der Waals surface area contributed by atoms with Crippen LogP contribution in [0.4, 0.5) is 5.13 Å². The molecule has 1 fully saturated rings. The molecule has 1 atom stereocenters. The van der Waals surface area contributed by atoms with Crippen molar-refractivity contribution in [2.75, 3.05) is 11.4 Å². The standard InChI is InChI=1S/C10H10N2O2S/c1-2-7-4-3-5-12(7)10-11-8(6-15-10)9(13)14/h1,6-7H,3-5H2,(H,13,14). The maximum atomic E-state index is 10.7. The van der Waals surface area contributed by atoms with Gasteiger partial charge in [0.25, 0.3) is 0 Å². The highest BCUT2D eigenvalue weighted by atomic mass is 32.1. The molecule has 0 amide bonds. The van der Waals surface area contributed by atoms with Crippen molar-refractivity contribution in [2.45, 2.75) is 18.9 Å². The average Bonchev–Trinajstić information content (AvgIpc) is 2.85. The second-order valence-corrected chi connectivity index (χ2v) is 4.18. The minimum Gasteiger partial charge on any atom is -0.476 e. The first-order valence-electron chi connectivity index (χ1n) is 4.64. The Balaban J connectivity index is 2.22. The summed E-state index contributed by atoms with van der Waals surface area (Å²) < 4.78 is 0. The zero-order valence-corrected chi connectivity index (χ0v) is 8.83. The number of carboxylic acid groups (broad SMARTS) is 1. The molecule has 0 aliphatic carbocycles. The second-order valence-electron chi connectivity index (χ2n) is 3.34. The van der Waals surface area contributed by atoms with Gasteiger partial charge in [0.1, 0.15) is 0 Å². The lowest BCUT2D eigenvalue weighted by atomic mass is 10.2. The van der Waals surface area contributed by atoms with Gasteiger partial charge in [0.2, 0.25) is 0 Å². The molecule has 1 N–H and O–H groups in total. The SMILES string of the molecule is C#CC1CCCN1c1nc(C(=O)O)cs1. The van der Waals surface area contributed by atoms with Crippen LogP contribution in [-0.2, 0) is 0 Å². The van der Waals surface area contributed by atoms with Crippen LogP contribution in [0.25, 0.3) is 0 Å². The van der Waals surface area contributed by atoms with Gasteiger partial charge in [-0.1, -0.05) is 5.92 Å². The van der Waals surface area contributed by atoms with E-state index in [9.17, 15) is 4.79 Å². The molecule has 4 nitrogen and oxygen atoms in total. The second kappa shape index (κ2) is 3.91. The van der Waals surface area contributed by atoms with Gasteiger partial charge in [0.05, 0.1) is 6.04 Å². The van der Waals surface area contributed by atoms with Gasteiger partial charge in [-0.3, -0.25) is 0 Å². The molecule has 0 spiro atoms. The van der Waals surface area contributed by atoms with Crippen LogP contribution in [0.3, 0.4) is 0 Å². The van der Waals surface area contributed by atoms with Gasteiger partial charge in [-0.05, 0) is 12.8 Å². The summed E-state index contributed by atoms with van der Waals surface area (Å²) in [5.74, 6) is 1.70. The summed E-state index contributed by atoms with van der Waals surface area (Å²) in [6, 6.07) is 0.0674. The summed E-state index contributed by atoms with van der Waals surface area (Å²) >= 11 is 1.33. The van der Waals surface area contributed by atoms with Gasteiger partial charge in [-0.2, -0.15) is 0 Å². The van der Waals surface area contributed by atoms with Gasteiger partial charge >= 0.3 is 5.97 Å². The number of carboxylic acids is 1. The van der Waals surface area contributed by atoms with Crippen molar-refractivity contribution in [1.82, 2.24) is 4.98 Å². The van der Waals surface area contributed by atoms with E-state index in [-0.39, 0.29) is 11.7 Å². The first kappa shape index (κ1) is 9.99. The van der Waals surface area contributed by atoms with E-state index in [4.69, 9.17) is 11.5 Å². The maximum absolute atomic E-state index is 10.7. The van der Waals surface area contributed by atoms with Crippen LogP contribution in [0, 0.1) is 12.3 Å². The summed E-state index contributed by atoms with van der Waals surface area (Å²) in [6.07, 6.45) is 7.39. The largest absolute Gasteiger partial charge is 0.476 e. The third kappa shape index (κ3) is 1.81. The van der Waals surface area contributed by atoms with E-state index in [2.05, 4.69) is 10.9 Å². The molecule has 1 saturated heterocycles. The zero-order chi connectivity index (χ0) is 10.8. The predicted octanol–water partition coefficient (Wildman–Crippen LogP) is 1.44. The molecule has 0 bridgehead atoms. The molecule has 2 rings (SSSR count). The zero-order valence-electron chi connectivity index (χ0n) is 8.01. The number of thiazole rings is 1. The molecule has 2 heterocycles. The smallest absolute Gasteiger partial charge is 0.355 e. The Morgan fingerprint density at radius 2 is 2.60 bits per heavy atom. The first-order chi connectivity index (χ1) is 7.22. The number of terminal acetylenes is 1. The topological polar surface area (TPSA) is 53.4 Å². The third-order valence-electron chi connectivity index (χ3n) is 2.40. The van der Waals surface area contributed by atoms with E-state index in [1.165, 1.54) is 11.3 Å². The summed E-state index contributed by atoms with van der Waals surface area (Å²) in [7, 11) is 0. The lowest BCUT2D eigenvalue weighted by Gasteiger charge is -2.18. The van der Waals surface area contributed by atoms with Crippen molar-refractivity contribution >= 4 is 22.4 Å². The molecule has 0 aromatic carbocycles. The quantitative estimate of drug-likeness (QED) is 0.769. The van der Waals surface area contributed by atoms with Crippen molar-refractivity contribution in [3.05, 3.63) is 11.1 Å². The minimum atomic E-state index is -0.992. The van der Waals surface area contributed by atoms with Crippen LogP contribution in [0.15, 0.2) is 5.38 Å². The van der Waals surface area contributed by atoms with Crippen LogP contribution in [-0.4, -0.2) is 28.6 Å². The van der Waals surface area contributed by atoms with Gasteiger partial charge in [-0.15, -0.1) is 17.8 Å². The molecule has 1 unspecified atom stereocenters. The highest BCUT2D eigenvalue weighted by Gasteiger charge is 2.25. The Bertz CT molecular complexity index is 421. The molecule has 5 heteroatoms. The first-order valence-corrected chi connectivity index (χ1v) is 5.52. The highest BCUT2D eigenvalue weighted by Crippen LogP contribution is 2.28. The fourth-order valence-electron chi connectivity index (χ4n) is 1.66. The van der Waals surface area contributed by atoms with Crippen LogP contribution < -0.4 is 4.90 Å². The number of aromatic nitrogens is 1. The van der Waals surface area contributed by atoms with Gasteiger partial charge in [0, 0.05) is 11.9 Å². The van der Waals surface area contributed by atoms with Crippen molar-refractivity contribution in [2.24, 2.45) is 0 Å². The number of anilines is 1. The Morgan fingerprint density at radius 1 is 1.80 bits per heavy atom. The van der Waals surface area contributed by atoms with Crippen molar-refractivity contribution in [3.63, 3.8) is 0 Å². The molecule has 1 aliphatic rings. The molecular weight excluding hydrogens is 212 g/mol. The van der Waals surface area contributed by atoms with E-state index in [0.717, 1.165) is 19.4 Å². The Labute approximate surface area is 91.6 Å². The van der Waals surface area contributed by atoms with Crippen LogP contribution in [0.2, 0.25) is 0 Å². The van der Waals surface area contributed by atoms with Crippen LogP contribution in [0.1, 0.15) is 23.3 Å².